The molecule has 1 aliphatic rings. The molecular formula is C27H28F3N3O3S2. The maximum atomic E-state index is 13.6. The molecule has 0 atom stereocenters. The smallest absolute Gasteiger partial charge is 0.368 e. The minimum absolute atomic E-state index is 0.0815. The van der Waals surface area contributed by atoms with E-state index < -0.39 is 21.8 Å². The lowest BCUT2D eigenvalue weighted by molar-refractivity contribution is -0.137. The van der Waals surface area contributed by atoms with E-state index in [2.05, 4.69) is 0 Å². The van der Waals surface area contributed by atoms with Crippen LogP contribution in [0.5, 0.6) is 0 Å². The number of thioether (sulfide) groups is 1. The quantitative estimate of drug-likeness (QED) is 0.366. The summed E-state index contributed by atoms with van der Waals surface area (Å²) >= 11 is 1.50. The predicted octanol–water partition coefficient (Wildman–Crippen LogP) is 5.28. The van der Waals surface area contributed by atoms with Gasteiger partial charge in [-0.1, -0.05) is 23.8 Å². The van der Waals surface area contributed by atoms with E-state index >= 15 is 0 Å². The van der Waals surface area contributed by atoms with Crippen molar-refractivity contribution in [2.45, 2.75) is 22.9 Å². The molecule has 0 bridgehead atoms. The number of alkyl halides is 3. The first-order chi connectivity index (χ1) is 18.0. The molecule has 0 unspecified atom stereocenters. The highest BCUT2D eigenvalue weighted by Gasteiger charge is 2.32. The first-order valence-electron chi connectivity index (χ1n) is 11.9. The zero-order valence-electron chi connectivity index (χ0n) is 21.0. The Morgan fingerprint density at radius 2 is 1.58 bits per heavy atom. The Morgan fingerprint density at radius 3 is 2.16 bits per heavy atom. The van der Waals surface area contributed by atoms with Gasteiger partial charge in [-0.3, -0.25) is 9.10 Å². The van der Waals surface area contributed by atoms with Crippen LogP contribution in [-0.2, 0) is 21.0 Å². The maximum absolute atomic E-state index is 13.6. The zero-order valence-corrected chi connectivity index (χ0v) is 22.6. The summed E-state index contributed by atoms with van der Waals surface area (Å²) in [6.45, 7) is 2.69. The summed E-state index contributed by atoms with van der Waals surface area (Å²) in [6.07, 6.45) is -2.54. The van der Waals surface area contributed by atoms with Crippen molar-refractivity contribution in [1.82, 2.24) is 4.90 Å². The van der Waals surface area contributed by atoms with Crippen molar-refractivity contribution in [3.8, 4) is 0 Å². The monoisotopic (exact) mass is 563 g/mol. The second kappa shape index (κ2) is 11.3. The first kappa shape index (κ1) is 27.8. The molecule has 3 aromatic rings. The SMILES string of the molecule is CSc1ccc(S(=O)(=O)N(CC(=O)N2CCN(c3cccc(C(F)(F)F)c3)CC2)c2ccc(C)cc2)cc1. The number of carbonyl (C=O) groups is 1. The van der Waals surface area contributed by atoms with E-state index in [-0.39, 0.29) is 30.4 Å². The Hall–Kier alpha value is -3.18. The Morgan fingerprint density at radius 1 is 0.947 bits per heavy atom. The fourth-order valence-corrected chi connectivity index (χ4v) is 6.04. The van der Waals surface area contributed by atoms with Gasteiger partial charge < -0.3 is 9.80 Å². The average molecular weight is 564 g/mol. The van der Waals surface area contributed by atoms with E-state index in [1.54, 1.807) is 52.3 Å². The number of rotatable bonds is 7. The van der Waals surface area contributed by atoms with Crippen LogP contribution in [0.2, 0.25) is 0 Å². The Kier molecular flexibility index (Phi) is 8.27. The number of aryl methyl sites for hydroxylation is 1. The second-order valence-corrected chi connectivity index (χ2v) is 11.7. The minimum Gasteiger partial charge on any atom is -0.368 e. The highest BCUT2D eigenvalue weighted by molar-refractivity contribution is 7.98. The van der Waals surface area contributed by atoms with E-state index in [4.69, 9.17) is 0 Å². The number of anilines is 2. The molecule has 0 aliphatic carbocycles. The van der Waals surface area contributed by atoms with Crippen molar-refractivity contribution in [3.05, 3.63) is 83.9 Å². The van der Waals surface area contributed by atoms with Crippen LogP contribution < -0.4 is 9.21 Å². The van der Waals surface area contributed by atoms with Crippen LogP contribution in [0.1, 0.15) is 11.1 Å². The number of hydrogen-bond donors (Lipinski definition) is 0. The number of benzene rings is 3. The Bertz CT molecular complexity index is 1370. The molecule has 6 nitrogen and oxygen atoms in total. The van der Waals surface area contributed by atoms with Crippen LogP contribution in [0.15, 0.2) is 82.6 Å². The van der Waals surface area contributed by atoms with E-state index in [9.17, 15) is 26.4 Å². The van der Waals surface area contributed by atoms with Gasteiger partial charge in [-0.15, -0.1) is 11.8 Å². The molecule has 202 valence electrons. The number of amides is 1. The standard InChI is InChI=1S/C27H28F3N3O3S2/c1-20-6-8-22(9-7-20)33(38(35,36)25-12-10-24(37-2)11-13-25)19-26(34)32-16-14-31(15-17-32)23-5-3-4-21(18-23)27(28,29)30/h3-13,18H,14-17,19H2,1-2H3. The summed E-state index contributed by atoms with van der Waals surface area (Å²) in [6, 6.07) is 18.5. The number of hydrogen-bond acceptors (Lipinski definition) is 5. The third kappa shape index (κ3) is 6.27. The first-order valence-corrected chi connectivity index (χ1v) is 14.6. The van der Waals surface area contributed by atoms with Crippen LogP contribution in [0.4, 0.5) is 24.5 Å². The van der Waals surface area contributed by atoms with E-state index in [1.165, 1.54) is 30.0 Å². The molecule has 0 N–H and O–H groups in total. The number of nitrogens with zero attached hydrogens (tertiary/aromatic N) is 3. The fraction of sp³-hybridized carbons (Fsp3) is 0.296. The number of carbonyl (C=O) groups excluding carboxylic acids is 1. The molecule has 1 amide bonds. The lowest BCUT2D eigenvalue weighted by atomic mass is 10.1. The second-order valence-electron chi connectivity index (χ2n) is 8.94. The van der Waals surface area contributed by atoms with Crippen molar-refractivity contribution in [3.63, 3.8) is 0 Å². The molecule has 0 saturated carbocycles. The van der Waals surface area contributed by atoms with Crippen LogP contribution in [-0.4, -0.2) is 58.2 Å². The molecule has 0 radical (unpaired) electrons. The molecule has 1 aliphatic heterocycles. The molecule has 4 rings (SSSR count). The van der Waals surface area contributed by atoms with Crippen molar-refractivity contribution >= 4 is 39.1 Å². The maximum Gasteiger partial charge on any atom is 0.416 e. The molecule has 1 heterocycles. The van der Waals surface area contributed by atoms with E-state index in [1.807, 2.05) is 13.2 Å². The normalized spacial score (nSPS) is 14.4. The zero-order chi connectivity index (χ0) is 27.5. The summed E-state index contributed by atoms with van der Waals surface area (Å²) in [5.41, 5.74) is 1.04. The third-order valence-corrected chi connectivity index (χ3v) is 8.95. The highest BCUT2D eigenvalue weighted by Crippen LogP contribution is 2.32. The number of halogens is 3. The number of sulfonamides is 1. The lowest BCUT2D eigenvalue weighted by Gasteiger charge is -2.37. The van der Waals surface area contributed by atoms with Gasteiger partial charge in [0.1, 0.15) is 6.54 Å². The van der Waals surface area contributed by atoms with E-state index in [0.717, 1.165) is 26.9 Å². The summed E-state index contributed by atoms with van der Waals surface area (Å²) in [5, 5.41) is 0. The molecule has 11 heteroatoms. The van der Waals surface area contributed by atoms with Crippen LogP contribution in [0, 0.1) is 6.92 Å². The van der Waals surface area contributed by atoms with Gasteiger partial charge in [0.05, 0.1) is 16.1 Å². The topological polar surface area (TPSA) is 60.9 Å². The minimum atomic E-state index is -4.44. The van der Waals surface area contributed by atoms with Crippen molar-refractivity contribution in [2.24, 2.45) is 0 Å². The fourth-order valence-electron chi connectivity index (χ4n) is 4.22. The van der Waals surface area contributed by atoms with Gasteiger partial charge in [0.15, 0.2) is 0 Å². The van der Waals surface area contributed by atoms with Crippen LogP contribution in [0.3, 0.4) is 0 Å². The predicted molar refractivity (Wildman–Crippen MR) is 144 cm³/mol. The van der Waals surface area contributed by atoms with Gasteiger partial charge >= 0.3 is 6.18 Å². The Labute approximate surface area is 225 Å². The van der Waals surface area contributed by atoms with Crippen LogP contribution >= 0.6 is 11.8 Å². The van der Waals surface area contributed by atoms with Gasteiger partial charge in [-0.2, -0.15) is 13.2 Å². The molecule has 0 aromatic heterocycles. The van der Waals surface area contributed by atoms with Gasteiger partial charge in [-0.25, -0.2) is 8.42 Å². The Balaban J connectivity index is 1.51. The van der Waals surface area contributed by atoms with Gasteiger partial charge in [0, 0.05) is 36.8 Å². The van der Waals surface area contributed by atoms with Crippen molar-refractivity contribution < 1.29 is 26.4 Å². The van der Waals surface area contributed by atoms with Crippen molar-refractivity contribution in [1.29, 1.82) is 0 Å². The van der Waals surface area contributed by atoms with E-state index in [0.29, 0.717) is 24.5 Å². The van der Waals surface area contributed by atoms with Gasteiger partial charge in [-0.05, 0) is 67.8 Å². The van der Waals surface area contributed by atoms with Gasteiger partial charge in [0.25, 0.3) is 10.0 Å². The molecule has 1 fully saturated rings. The van der Waals surface area contributed by atoms with Crippen LogP contribution in [0.25, 0.3) is 0 Å². The molecule has 38 heavy (non-hydrogen) atoms. The summed E-state index contributed by atoms with van der Waals surface area (Å²) in [5.74, 6) is -0.376. The molecule has 0 spiro atoms. The summed E-state index contributed by atoms with van der Waals surface area (Å²) in [4.78, 5) is 17.6. The highest BCUT2D eigenvalue weighted by atomic mass is 32.2. The summed E-state index contributed by atoms with van der Waals surface area (Å²) < 4.78 is 67.7. The molecular weight excluding hydrogens is 535 g/mol. The third-order valence-electron chi connectivity index (χ3n) is 6.42. The lowest BCUT2D eigenvalue weighted by Crippen LogP contribution is -2.52. The largest absolute Gasteiger partial charge is 0.416 e. The van der Waals surface area contributed by atoms with Crippen molar-refractivity contribution in [2.75, 3.05) is 48.2 Å². The number of piperazine rings is 1. The summed E-state index contributed by atoms with van der Waals surface area (Å²) in [7, 11) is -4.04. The average Bonchev–Trinajstić information content (AvgIpc) is 2.92. The molecule has 1 saturated heterocycles. The van der Waals surface area contributed by atoms with Gasteiger partial charge in [0.2, 0.25) is 5.91 Å². The molecule has 3 aromatic carbocycles.